The molecule has 8 nitrogen and oxygen atoms in total. The van der Waals surface area contributed by atoms with Gasteiger partial charge in [0.2, 0.25) is 0 Å². The lowest BCUT2D eigenvalue weighted by Crippen LogP contribution is -2.19. The van der Waals surface area contributed by atoms with E-state index in [9.17, 15) is 8.42 Å². The summed E-state index contributed by atoms with van der Waals surface area (Å²) < 4.78 is 33.7. The molecule has 0 unspecified atom stereocenters. The number of anilines is 4. The second-order valence-corrected chi connectivity index (χ2v) is 9.71. The van der Waals surface area contributed by atoms with Crippen LogP contribution in [0.1, 0.15) is 24.2 Å². The van der Waals surface area contributed by atoms with Crippen LogP contribution >= 0.6 is 0 Å². The molecule has 2 aliphatic rings. The second kappa shape index (κ2) is 8.31. The van der Waals surface area contributed by atoms with Crippen LogP contribution in [0.25, 0.3) is 0 Å². The first-order valence-corrected chi connectivity index (χ1v) is 12.2. The average molecular weight is 452 g/mol. The molecule has 0 saturated carbocycles. The predicted octanol–water partition coefficient (Wildman–Crippen LogP) is 3.86. The summed E-state index contributed by atoms with van der Waals surface area (Å²) in [6, 6.07) is 14.0. The van der Waals surface area contributed by atoms with E-state index in [2.05, 4.69) is 24.9 Å². The molecular weight excluding hydrogens is 426 g/mol. The zero-order valence-corrected chi connectivity index (χ0v) is 18.7. The van der Waals surface area contributed by atoms with Crippen molar-refractivity contribution in [3.05, 3.63) is 59.9 Å². The van der Waals surface area contributed by atoms with E-state index in [1.54, 1.807) is 30.3 Å². The molecule has 3 aromatic rings. The minimum atomic E-state index is -3.68. The van der Waals surface area contributed by atoms with Crippen molar-refractivity contribution in [3.63, 3.8) is 0 Å². The van der Waals surface area contributed by atoms with Crippen molar-refractivity contribution in [2.45, 2.75) is 31.1 Å². The number of benzene rings is 2. The van der Waals surface area contributed by atoms with Crippen molar-refractivity contribution >= 4 is 33.0 Å². The fourth-order valence-corrected chi connectivity index (χ4v) is 5.15. The van der Waals surface area contributed by atoms with Gasteiger partial charge in [-0.15, -0.1) is 0 Å². The zero-order valence-electron chi connectivity index (χ0n) is 17.8. The minimum absolute atomic E-state index is 0.231. The molecule has 0 aliphatic carbocycles. The maximum absolute atomic E-state index is 12.8. The highest BCUT2D eigenvalue weighted by molar-refractivity contribution is 7.92. The van der Waals surface area contributed by atoms with Crippen LogP contribution in [-0.4, -0.2) is 38.1 Å². The van der Waals surface area contributed by atoms with Crippen LogP contribution in [0.5, 0.6) is 5.75 Å². The van der Waals surface area contributed by atoms with Gasteiger partial charge < -0.3 is 15.0 Å². The highest BCUT2D eigenvalue weighted by Gasteiger charge is 2.19. The third kappa shape index (κ3) is 4.34. The van der Waals surface area contributed by atoms with Gasteiger partial charge in [0.15, 0.2) is 0 Å². The van der Waals surface area contributed by atoms with E-state index in [-0.39, 0.29) is 4.90 Å². The smallest absolute Gasteiger partial charge is 0.261 e. The Morgan fingerprint density at radius 2 is 1.72 bits per heavy atom. The summed E-state index contributed by atoms with van der Waals surface area (Å²) in [4.78, 5) is 11.5. The first kappa shape index (κ1) is 20.6. The molecule has 9 heteroatoms. The Morgan fingerprint density at radius 1 is 0.969 bits per heavy atom. The minimum Gasteiger partial charge on any atom is -0.493 e. The Morgan fingerprint density at radius 3 is 2.50 bits per heavy atom. The molecule has 0 amide bonds. The van der Waals surface area contributed by atoms with Crippen molar-refractivity contribution < 1.29 is 13.2 Å². The molecule has 0 bridgehead atoms. The highest BCUT2D eigenvalue weighted by Crippen LogP contribution is 2.29. The lowest BCUT2D eigenvalue weighted by Gasteiger charge is -2.18. The Kier molecular flexibility index (Phi) is 5.34. The summed E-state index contributed by atoms with van der Waals surface area (Å²) in [5.41, 5.74) is 2.22. The zero-order chi connectivity index (χ0) is 22.1. The van der Waals surface area contributed by atoms with Gasteiger partial charge in [-0.05, 0) is 67.8 Å². The molecule has 0 radical (unpaired) electrons. The largest absolute Gasteiger partial charge is 0.493 e. The van der Waals surface area contributed by atoms with E-state index in [0.29, 0.717) is 23.9 Å². The van der Waals surface area contributed by atoms with Crippen molar-refractivity contribution in [2.24, 2.45) is 0 Å². The number of fused-ring (bicyclic) bond motifs is 1. The lowest BCUT2D eigenvalue weighted by molar-refractivity contribution is 0.356. The first-order chi connectivity index (χ1) is 15.5. The molecule has 5 rings (SSSR count). The second-order valence-electron chi connectivity index (χ2n) is 8.03. The highest BCUT2D eigenvalue weighted by atomic mass is 32.2. The van der Waals surface area contributed by atoms with Crippen LogP contribution in [0.2, 0.25) is 0 Å². The maximum atomic E-state index is 12.8. The SMILES string of the molecule is Cc1nc(Nc2ccc(NS(=O)(=O)c3ccc4c(c3)CCO4)cc2)cc(N2CCCC2)n1. The summed E-state index contributed by atoms with van der Waals surface area (Å²) in [5.74, 6) is 3.11. The molecule has 1 fully saturated rings. The molecule has 1 saturated heterocycles. The number of nitrogens with zero attached hydrogens (tertiary/aromatic N) is 3. The summed E-state index contributed by atoms with van der Waals surface area (Å²) in [7, 11) is -3.68. The third-order valence-electron chi connectivity index (χ3n) is 5.64. The van der Waals surface area contributed by atoms with Crippen molar-refractivity contribution in [1.82, 2.24) is 9.97 Å². The summed E-state index contributed by atoms with van der Waals surface area (Å²) in [6.07, 6.45) is 3.09. The molecule has 0 atom stereocenters. The van der Waals surface area contributed by atoms with E-state index in [4.69, 9.17) is 4.74 Å². The number of ether oxygens (including phenoxy) is 1. The first-order valence-electron chi connectivity index (χ1n) is 10.7. The monoisotopic (exact) mass is 451 g/mol. The van der Waals surface area contributed by atoms with Gasteiger partial charge in [0.1, 0.15) is 23.2 Å². The van der Waals surface area contributed by atoms with E-state index in [1.807, 2.05) is 25.1 Å². The van der Waals surface area contributed by atoms with Crippen LogP contribution in [0.4, 0.5) is 23.0 Å². The van der Waals surface area contributed by atoms with Gasteiger partial charge in [-0.25, -0.2) is 18.4 Å². The molecule has 3 heterocycles. The number of hydrogen-bond acceptors (Lipinski definition) is 7. The quantitative estimate of drug-likeness (QED) is 0.587. The number of aromatic nitrogens is 2. The third-order valence-corrected chi connectivity index (χ3v) is 7.01. The Hall–Kier alpha value is -3.33. The maximum Gasteiger partial charge on any atom is 0.261 e. The van der Waals surface area contributed by atoms with Crippen molar-refractivity contribution in [2.75, 3.05) is 34.6 Å². The van der Waals surface area contributed by atoms with Crippen LogP contribution in [0, 0.1) is 6.92 Å². The van der Waals surface area contributed by atoms with Crippen LogP contribution in [0.3, 0.4) is 0 Å². The van der Waals surface area contributed by atoms with Crippen LogP contribution < -0.4 is 19.7 Å². The van der Waals surface area contributed by atoms with Crippen LogP contribution in [0.15, 0.2) is 53.4 Å². The van der Waals surface area contributed by atoms with Crippen LogP contribution in [-0.2, 0) is 16.4 Å². The molecule has 2 N–H and O–H groups in total. The van der Waals surface area contributed by atoms with E-state index in [0.717, 1.165) is 42.3 Å². The molecular formula is C23H25N5O3S. The fourth-order valence-electron chi connectivity index (χ4n) is 4.04. The average Bonchev–Trinajstić information content (AvgIpc) is 3.46. The summed E-state index contributed by atoms with van der Waals surface area (Å²) >= 11 is 0. The van der Waals surface area contributed by atoms with E-state index in [1.165, 1.54) is 12.8 Å². The molecule has 166 valence electrons. The standard InChI is InChI=1S/C23H25N5O3S/c1-16-24-22(15-23(25-16)28-11-2-3-12-28)26-18-4-6-19(7-5-18)27-32(29,30)20-8-9-21-17(14-20)10-13-31-21/h4-9,14-15,27H,2-3,10-13H2,1H3,(H,24,25,26). The predicted molar refractivity (Wildman–Crippen MR) is 124 cm³/mol. The number of hydrogen-bond donors (Lipinski definition) is 2. The lowest BCUT2D eigenvalue weighted by atomic mass is 10.2. The van der Waals surface area contributed by atoms with E-state index < -0.39 is 10.0 Å². The fraction of sp³-hybridized carbons (Fsp3) is 0.304. The topological polar surface area (TPSA) is 96.5 Å². The number of rotatable bonds is 6. The molecule has 2 aliphatic heterocycles. The van der Waals surface area contributed by atoms with Gasteiger partial charge in [0.05, 0.1) is 11.5 Å². The van der Waals surface area contributed by atoms with Gasteiger partial charge in [-0.1, -0.05) is 0 Å². The molecule has 32 heavy (non-hydrogen) atoms. The normalized spacial score (nSPS) is 15.3. The number of nitrogens with one attached hydrogen (secondary N) is 2. The summed E-state index contributed by atoms with van der Waals surface area (Å²) in [5, 5.41) is 3.29. The molecule has 0 spiro atoms. The Balaban J connectivity index is 1.29. The van der Waals surface area contributed by atoms with Crippen molar-refractivity contribution in [1.29, 1.82) is 0 Å². The van der Waals surface area contributed by atoms with Gasteiger partial charge in [-0.2, -0.15) is 0 Å². The molecule has 1 aromatic heterocycles. The van der Waals surface area contributed by atoms with Gasteiger partial charge in [-0.3, -0.25) is 4.72 Å². The van der Waals surface area contributed by atoms with Gasteiger partial charge in [0.25, 0.3) is 10.0 Å². The van der Waals surface area contributed by atoms with Crippen molar-refractivity contribution in [3.8, 4) is 5.75 Å². The number of sulfonamides is 1. The summed E-state index contributed by atoms with van der Waals surface area (Å²) in [6.45, 7) is 4.50. The Bertz CT molecular complexity index is 1240. The Labute approximate surface area is 187 Å². The van der Waals surface area contributed by atoms with Gasteiger partial charge >= 0.3 is 0 Å². The number of aryl methyl sites for hydroxylation is 1. The molecule has 2 aromatic carbocycles. The van der Waals surface area contributed by atoms with E-state index >= 15 is 0 Å². The van der Waals surface area contributed by atoms with Gasteiger partial charge in [0, 0.05) is 37.0 Å².